The lowest BCUT2D eigenvalue weighted by Crippen LogP contribution is -2.07. The fourth-order valence-corrected chi connectivity index (χ4v) is 1.83. The average molecular weight is 218 g/mol. The minimum Gasteiger partial charge on any atom is -0.344 e. The van der Waals surface area contributed by atoms with Crippen LogP contribution in [0.4, 0.5) is 0 Å². The van der Waals surface area contributed by atoms with Crippen LogP contribution in [-0.4, -0.2) is 19.3 Å². The monoisotopic (exact) mass is 218 g/mol. The summed E-state index contributed by atoms with van der Waals surface area (Å²) in [6.07, 6.45) is 2.18. The van der Waals surface area contributed by atoms with Crippen LogP contribution >= 0.6 is 0 Å². The van der Waals surface area contributed by atoms with Crippen LogP contribution in [0.25, 0.3) is 0 Å². The zero-order valence-electron chi connectivity index (χ0n) is 10.6. The van der Waals surface area contributed by atoms with Gasteiger partial charge in [0.1, 0.15) is 5.82 Å². The van der Waals surface area contributed by atoms with Gasteiger partial charge in [-0.15, -0.1) is 10.2 Å². The molecule has 2 rings (SSSR count). The van der Waals surface area contributed by atoms with Gasteiger partial charge >= 0.3 is 0 Å². The second kappa shape index (κ2) is 3.77. The molecule has 0 aliphatic heterocycles. The number of aryl methyl sites for hydroxylation is 2. The average Bonchev–Trinajstić information content (AvgIpc) is 2.68. The first-order chi connectivity index (χ1) is 7.50. The zero-order chi connectivity index (χ0) is 11.9. The fraction of sp³-hybridized carbons (Fsp3) is 0.500. The van der Waals surface area contributed by atoms with Crippen molar-refractivity contribution in [2.45, 2.75) is 34.2 Å². The Balaban J connectivity index is 2.34. The highest BCUT2D eigenvalue weighted by Crippen LogP contribution is 2.15. The molecule has 0 spiro atoms. The Kier molecular flexibility index (Phi) is 2.58. The van der Waals surface area contributed by atoms with Gasteiger partial charge in [-0.1, -0.05) is 0 Å². The Morgan fingerprint density at radius 3 is 2.25 bits per heavy atom. The predicted octanol–water partition coefficient (Wildman–Crippen LogP) is 1.90. The molecule has 86 valence electrons. The van der Waals surface area contributed by atoms with Crippen molar-refractivity contribution < 1.29 is 0 Å². The van der Waals surface area contributed by atoms with Gasteiger partial charge in [-0.3, -0.25) is 0 Å². The van der Waals surface area contributed by atoms with E-state index in [1.165, 1.54) is 16.8 Å². The molecule has 0 amide bonds. The molecule has 0 saturated carbocycles. The molecular weight excluding hydrogens is 200 g/mol. The van der Waals surface area contributed by atoms with Gasteiger partial charge in [0, 0.05) is 18.9 Å². The SMILES string of the molecule is Cc1cn(Cc2nnc(C)n2C)c(C)c1C. The molecule has 0 unspecified atom stereocenters. The van der Waals surface area contributed by atoms with Crippen molar-refractivity contribution in [3.63, 3.8) is 0 Å². The van der Waals surface area contributed by atoms with Crippen LogP contribution in [0.1, 0.15) is 28.5 Å². The topological polar surface area (TPSA) is 35.6 Å². The van der Waals surface area contributed by atoms with Gasteiger partial charge in [-0.05, 0) is 38.8 Å². The largest absolute Gasteiger partial charge is 0.344 e. The fourth-order valence-electron chi connectivity index (χ4n) is 1.83. The molecule has 4 nitrogen and oxygen atoms in total. The van der Waals surface area contributed by atoms with Crippen molar-refractivity contribution in [2.75, 3.05) is 0 Å². The third kappa shape index (κ3) is 1.64. The molecule has 0 bridgehead atoms. The van der Waals surface area contributed by atoms with Gasteiger partial charge < -0.3 is 9.13 Å². The smallest absolute Gasteiger partial charge is 0.152 e. The molecule has 0 N–H and O–H groups in total. The van der Waals surface area contributed by atoms with Gasteiger partial charge in [-0.2, -0.15) is 0 Å². The highest BCUT2D eigenvalue weighted by molar-refractivity contribution is 5.29. The number of hydrogen-bond donors (Lipinski definition) is 0. The van der Waals surface area contributed by atoms with E-state index in [2.05, 4.69) is 41.7 Å². The second-order valence-electron chi connectivity index (χ2n) is 4.37. The molecular formula is C12H18N4. The van der Waals surface area contributed by atoms with E-state index in [9.17, 15) is 0 Å². The van der Waals surface area contributed by atoms with E-state index in [0.29, 0.717) is 0 Å². The van der Waals surface area contributed by atoms with Gasteiger partial charge in [0.2, 0.25) is 0 Å². The Morgan fingerprint density at radius 2 is 1.81 bits per heavy atom. The summed E-state index contributed by atoms with van der Waals surface area (Å²) < 4.78 is 4.26. The number of nitrogens with zero attached hydrogens (tertiary/aromatic N) is 4. The summed E-state index contributed by atoms with van der Waals surface area (Å²) in [4.78, 5) is 0. The van der Waals surface area contributed by atoms with Crippen LogP contribution in [0.2, 0.25) is 0 Å². The summed E-state index contributed by atoms with van der Waals surface area (Å²) in [5.41, 5.74) is 3.99. The van der Waals surface area contributed by atoms with Crippen molar-refractivity contribution >= 4 is 0 Å². The molecule has 0 aromatic carbocycles. The van der Waals surface area contributed by atoms with E-state index < -0.39 is 0 Å². The van der Waals surface area contributed by atoms with E-state index in [4.69, 9.17) is 0 Å². The molecule has 0 saturated heterocycles. The Morgan fingerprint density at radius 1 is 1.12 bits per heavy atom. The summed E-state index contributed by atoms with van der Waals surface area (Å²) in [5, 5.41) is 8.25. The van der Waals surface area contributed by atoms with Crippen molar-refractivity contribution in [2.24, 2.45) is 7.05 Å². The molecule has 0 radical (unpaired) electrons. The Bertz CT molecular complexity index is 519. The summed E-state index contributed by atoms with van der Waals surface area (Å²) in [7, 11) is 2.00. The van der Waals surface area contributed by atoms with Gasteiger partial charge in [0.15, 0.2) is 5.82 Å². The third-order valence-corrected chi connectivity index (χ3v) is 3.41. The Hall–Kier alpha value is -1.58. The third-order valence-electron chi connectivity index (χ3n) is 3.41. The molecule has 2 heterocycles. The normalized spacial score (nSPS) is 11.1. The first-order valence-electron chi connectivity index (χ1n) is 5.48. The second-order valence-corrected chi connectivity index (χ2v) is 4.37. The molecule has 16 heavy (non-hydrogen) atoms. The lowest BCUT2D eigenvalue weighted by atomic mass is 10.2. The maximum atomic E-state index is 4.18. The molecule has 2 aromatic rings. The van der Waals surface area contributed by atoms with Crippen LogP contribution in [0, 0.1) is 27.7 Å². The van der Waals surface area contributed by atoms with Gasteiger partial charge in [0.05, 0.1) is 6.54 Å². The molecule has 0 aliphatic carbocycles. The van der Waals surface area contributed by atoms with Crippen LogP contribution in [-0.2, 0) is 13.6 Å². The van der Waals surface area contributed by atoms with E-state index in [1.54, 1.807) is 0 Å². The van der Waals surface area contributed by atoms with E-state index in [-0.39, 0.29) is 0 Å². The summed E-state index contributed by atoms with van der Waals surface area (Å²) in [5.74, 6) is 1.95. The van der Waals surface area contributed by atoms with Crippen molar-refractivity contribution in [3.05, 3.63) is 34.7 Å². The lowest BCUT2D eigenvalue weighted by molar-refractivity contribution is 0.679. The van der Waals surface area contributed by atoms with Crippen molar-refractivity contribution in [1.29, 1.82) is 0 Å². The van der Waals surface area contributed by atoms with Crippen LogP contribution in [0.15, 0.2) is 6.20 Å². The maximum absolute atomic E-state index is 4.18. The van der Waals surface area contributed by atoms with E-state index >= 15 is 0 Å². The molecule has 0 fully saturated rings. The van der Waals surface area contributed by atoms with Crippen molar-refractivity contribution in [3.8, 4) is 0 Å². The number of rotatable bonds is 2. The molecule has 0 aliphatic rings. The van der Waals surface area contributed by atoms with Gasteiger partial charge in [0.25, 0.3) is 0 Å². The van der Waals surface area contributed by atoms with Crippen molar-refractivity contribution in [1.82, 2.24) is 19.3 Å². The highest BCUT2D eigenvalue weighted by atomic mass is 15.3. The summed E-state index contributed by atoms with van der Waals surface area (Å²) >= 11 is 0. The van der Waals surface area contributed by atoms with Crippen LogP contribution in [0.3, 0.4) is 0 Å². The molecule has 4 heteroatoms. The summed E-state index contributed by atoms with van der Waals surface area (Å²) in [6.45, 7) is 9.20. The minimum atomic E-state index is 0.790. The van der Waals surface area contributed by atoms with E-state index in [0.717, 1.165) is 18.2 Å². The zero-order valence-corrected chi connectivity index (χ0v) is 10.6. The highest BCUT2D eigenvalue weighted by Gasteiger charge is 2.09. The van der Waals surface area contributed by atoms with Crippen LogP contribution < -0.4 is 0 Å². The first-order valence-corrected chi connectivity index (χ1v) is 5.48. The number of hydrogen-bond acceptors (Lipinski definition) is 2. The predicted molar refractivity (Wildman–Crippen MR) is 63.5 cm³/mol. The maximum Gasteiger partial charge on any atom is 0.152 e. The summed E-state index contributed by atoms with van der Waals surface area (Å²) in [6, 6.07) is 0. The quantitative estimate of drug-likeness (QED) is 0.771. The van der Waals surface area contributed by atoms with E-state index in [1.807, 2.05) is 18.5 Å². The molecule has 0 atom stereocenters. The Labute approximate surface area is 95.9 Å². The molecule has 2 aromatic heterocycles. The number of aromatic nitrogens is 4. The van der Waals surface area contributed by atoms with Gasteiger partial charge in [-0.25, -0.2) is 0 Å². The lowest BCUT2D eigenvalue weighted by Gasteiger charge is -2.06. The van der Waals surface area contributed by atoms with Crippen LogP contribution in [0.5, 0.6) is 0 Å². The first kappa shape index (κ1) is 10.9. The standard InChI is InChI=1S/C12H18N4/c1-8-6-16(10(3)9(8)2)7-12-14-13-11(4)15(12)5/h6H,7H2,1-5H3. The minimum absolute atomic E-state index is 0.790.